The quantitative estimate of drug-likeness (QED) is 0.357. The van der Waals surface area contributed by atoms with Gasteiger partial charge in [-0.15, -0.1) is 5.70 Å². The second-order valence-electron chi connectivity index (χ2n) is 5.43. The van der Waals surface area contributed by atoms with Crippen molar-refractivity contribution in [3.63, 3.8) is 0 Å². The van der Waals surface area contributed by atoms with E-state index in [1.165, 1.54) is 12.2 Å². The van der Waals surface area contributed by atoms with Crippen molar-refractivity contribution < 1.29 is 36.8 Å². The summed E-state index contributed by atoms with van der Waals surface area (Å²) in [4.78, 5) is 20.4. The van der Waals surface area contributed by atoms with Crippen LogP contribution in [0.25, 0.3) is 17.9 Å². The molecule has 0 amide bonds. The number of non-ortho nitro benzene ring substituents is 2. The fourth-order valence-electron chi connectivity index (χ4n) is 2.22. The molecule has 0 bridgehead atoms. The summed E-state index contributed by atoms with van der Waals surface area (Å²) in [7, 11) is 0. The van der Waals surface area contributed by atoms with Gasteiger partial charge in [-0.1, -0.05) is 6.08 Å². The number of nitro groups is 2. The van der Waals surface area contributed by atoms with Crippen LogP contribution in [-0.2, 0) is 16.8 Å². The molecule has 2 aromatic rings. The molecular weight excluding hydrogens is 415 g/mol. The van der Waals surface area contributed by atoms with E-state index >= 15 is 0 Å². The SMILES string of the molecule is [Co].[NH-]C(=Cc1cc([N+](=O)[O-])ccc1O)C(=Cc1cc([N+](=O)[O-])ccc1O)CN. The van der Waals surface area contributed by atoms with Gasteiger partial charge in [0.05, 0.1) is 9.85 Å². The Morgan fingerprint density at radius 2 is 1.39 bits per heavy atom. The molecule has 0 aliphatic carbocycles. The standard InChI is InChI=1S/C17H15N4O6.Co/c18-9-12(5-10-6-13(20(24)25)1-3-16(10)22)15(19)8-11-7-14(21(26)27)2-4-17(11)23;/h1-8,19,22-23H,9,18H2;/q-1;. The summed E-state index contributed by atoms with van der Waals surface area (Å²) in [5, 5.41) is 41.4. The van der Waals surface area contributed by atoms with Gasteiger partial charge in [-0.3, -0.25) is 20.2 Å². The number of nitrogens with zero attached hydrogens (tertiary/aromatic N) is 2. The molecule has 28 heavy (non-hydrogen) atoms. The maximum Gasteiger partial charge on any atom is 0.270 e. The number of hydrogen-bond acceptors (Lipinski definition) is 7. The molecule has 0 unspecified atom stereocenters. The molecular formula is C17H15CoN4O6-. The zero-order valence-electron chi connectivity index (χ0n) is 14.2. The first-order valence-electron chi connectivity index (χ1n) is 7.52. The molecule has 5 N–H and O–H groups in total. The Bertz CT molecular complexity index is 974. The third-order valence-corrected chi connectivity index (χ3v) is 3.64. The topological polar surface area (TPSA) is 177 Å². The smallest absolute Gasteiger partial charge is 0.270 e. The molecule has 1 radical (unpaired) electrons. The molecule has 11 heteroatoms. The Labute approximate surface area is 169 Å². The second kappa shape index (κ2) is 9.50. The number of aromatic hydroxyl groups is 2. The molecule has 0 heterocycles. The van der Waals surface area contributed by atoms with Crippen molar-refractivity contribution in [1.82, 2.24) is 0 Å². The second-order valence-corrected chi connectivity index (χ2v) is 5.43. The van der Waals surface area contributed by atoms with E-state index < -0.39 is 9.85 Å². The van der Waals surface area contributed by atoms with Crippen molar-refractivity contribution in [3.05, 3.63) is 84.8 Å². The average Bonchev–Trinajstić information content (AvgIpc) is 2.62. The van der Waals surface area contributed by atoms with Crippen LogP contribution in [0.15, 0.2) is 47.7 Å². The summed E-state index contributed by atoms with van der Waals surface area (Å²) in [5.41, 5.74) is 13.4. The van der Waals surface area contributed by atoms with Crippen molar-refractivity contribution in [1.29, 1.82) is 0 Å². The number of phenols is 2. The molecule has 0 spiro atoms. The van der Waals surface area contributed by atoms with Crippen LogP contribution in [0.2, 0.25) is 0 Å². The molecule has 0 saturated heterocycles. The minimum atomic E-state index is -0.638. The molecule has 0 aliphatic rings. The fraction of sp³-hybridized carbons (Fsp3) is 0.0588. The zero-order valence-corrected chi connectivity index (χ0v) is 15.2. The first-order chi connectivity index (χ1) is 12.7. The molecule has 0 saturated carbocycles. The maximum atomic E-state index is 10.9. The maximum absolute atomic E-state index is 10.9. The summed E-state index contributed by atoms with van der Waals surface area (Å²) < 4.78 is 0. The predicted octanol–water partition coefficient (Wildman–Crippen LogP) is 3.35. The number of phenolic OH excluding ortho intramolecular Hbond substituents is 2. The van der Waals surface area contributed by atoms with E-state index in [0.717, 1.165) is 36.4 Å². The van der Waals surface area contributed by atoms with Crippen molar-refractivity contribution >= 4 is 23.5 Å². The minimum absolute atomic E-state index is 0. The Morgan fingerprint density at radius 1 is 0.964 bits per heavy atom. The molecule has 10 nitrogen and oxygen atoms in total. The molecule has 2 rings (SSSR count). The van der Waals surface area contributed by atoms with Crippen molar-refractivity contribution in [3.8, 4) is 11.5 Å². The number of nitrogens with two attached hydrogens (primary N) is 1. The molecule has 0 aliphatic heterocycles. The van der Waals surface area contributed by atoms with Crippen LogP contribution in [0.4, 0.5) is 11.4 Å². The minimum Gasteiger partial charge on any atom is -0.698 e. The average molecular weight is 430 g/mol. The van der Waals surface area contributed by atoms with Gasteiger partial charge in [0.25, 0.3) is 11.4 Å². The predicted molar refractivity (Wildman–Crippen MR) is 98.9 cm³/mol. The zero-order chi connectivity index (χ0) is 20.1. The van der Waals surface area contributed by atoms with Crippen LogP contribution < -0.4 is 5.73 Å². The van der Waals surface area contributed by atoms with Gasteiger partial charge in [0.2, 0.25) is 0 Å². The molecule has 0 fully saturated rings. The van der Waals surface area contributed by atoms with Gasteiger partial charge in [-0.2, -0.15) is 0 Å². The van der Waals surface area contributed by atoms with Gasteiger partial charge >= 0.3 is 0 Å². The summed E-state index contributed by atoms with van der Waals surface area (Å²) in [5.74, 6) is -0.502. The molecule has 2 aromatic carbocycles. The Balaban J connectivity index is 0.00000392. The number of nitrogens with one attached hydrogen (secondary N) is 1. The molecule has 0 aromatic heterocycles. The van der Waals surface area contributed by atoms with Gasteiger partial charge in [0.15, 0.2) is 0 Å². The van der Waals surface area contributed by atoms with Crippen molar-refractivity contribution in [2.75, 3.05) is 6.54 Å². The Kier molecular flexibility index (Phi) is 7.68. The number of rotatable bonds is 6. The molecule has 149 valence electrons. The van der Waals surface area contributed by atoms with Gasteiger partial charge in [0, 0.05) is 58.7 Å². The first kappa shape index (κ1) is 22.6. The fourth-order valence-corrected chi connectivity index (χ4v) is 2.22. The third kappa shape index (κ3) is 5.29. The van der Waals surface area contributed by atoms with Gasteiger partial charge < -0.3 is 21.7 Å². The van der Waals surface area contributed by atoms with E-state index in [1.54, 1.807) is 0 Å². The van der Waals surface area contributed by atoms with Crippen molar-refractivity contribution in [2.24, 2.45) is 5.73 Å². The van der Waals surface area contributed by atoms with Gasteiger partial charge in [-0.25, -0.2) is 0 Å². The van der Waals surface area contributed by atoms with Gasteiger partial charge in [-0.05, 0) is 23.8 Å². The van der Waals surface area contributed by atoms with E-state index in [1.807, 2.05) is 0 Å². The van der Waals surface area contributed by atoms with Crippen LogP contribution in [0.3, 0.4) is 0 Å². The Hall–Kier alpha value is -3.41. The number of hydrogen-bond donors (Lipinski definition) is 3. The number of nitro benzene ring substituents is 2. The van der Waals surface area contributed by atoms with Crippen LogP contribution in [0.1, 0.15) is 11.1 Å². The van der Waals surface area contributed by atoms with E-state index in [2.05, 4.69) is 0 Å². The molecule has 0 atom stereocenters. The van der Waals surface area contributed by atoms with Crippen LogP contribution in [0, 0.1) is 20.2 Å². The van der Waals surface area contributed by atoms with Crippen molar-refractivity contribution in [2.45, 2.75) is 0 Å². The summed E-state index contributed by atoms with van der Waals surface area (Å²) in [6, 6.07) is 6.77. The first-order valence-corrected chi connectivity index (χ1v) is 7.52. The Morgan fingerprint density at radius 3 is 1.79 bits per heavy atom. The van der Waals surface area contributed by atoms with Crippen LogP contribution >= 0.6 is 0 Å². The largest absolute Gasteiger partial charge is 0.698 e. The van der Waals surface area contributed by atoms with E-state index in [4.69, 9.17) is 11.5 Å². The normalized spacial score (nSPS) is 11.6. The van der Waals surface area contributed by atoms with Crippen LogP contribution in [-0.4, -0.2) is 26.6 Å². The summed E-state index contributed by atoms with van der Waals surface area (Å²) >= 11 is 0. The van der Waals surface area contributed by atoms with E-state index in [9.17, 15) is 30.4 Å². The van der Waals surface area contributed by atoms with Crippen LogP contribution in [0.5, 0.6) is 11.5 Å². The number of benzene rings is 2. The summed E-state index contributed by atoms with van der Waals surface area (Å²) in [6.07, 6.45) is 2.48. The monoisotopic (exact) mass is 430 g/mol. The van der Waals surface area contributed by atoms with E-state index in [0.29, 0.717) is 0 Å². The van der Waals surface area contributed by atoms with E-state index in [-0.39, 0.29) is 68.6 Å². The summed E-state index contributed by atoms with van der Waals surface area (Å²) in [6.45, 7) is -0.146. The third-order valence-electron chi connectivity index (χ3n) is 3.64. The van der Waals surface area contributed by atoms with Gasteiger partial charge in [0.1, 0.15) is 11.5 Å².